The third kappa shape index (κ3) is 3.90. The smallest absolute Gasteiger partial charge is 0.192 e. The first-order valence-corrected chi connectivity index (χ1v) is 13.3. The minimum atomic E-state index is -1.82. The maximum atomic E-state index is 13.0. The van der Waals surface area contributed by atoms with E-state index in [1.54, 1.807) is 0 Å². The van der Waals surface area contributed by atoms with Gasteiger partial charge in [0.1, 0.15) is 0 Å². The molecule has 1 heterocycles. The molecule has 0 radical (unpaired) electrons. The molecular weight excluding hydrogens is 362 g/mol. The number of hydrogen-bond donors (Lipinski definition) is 1. The fraction of sp³-hybridized carbons (Fsp3) is 0.542. The Balaban J connectivity index is 1.74. The van der Waals surface area contributed by atoms with Crippen molar-refractivity contribution in [2.24, 2.45) is 17.8 Å². The average molecular weight is 398 g/mol. The summed E-state index contributed by atoms with van der Waals surface area (Å²) in [5.74, 6) is 0.818. The minimum absolute atomic E-state index is 0.0222. The highest BCUT2D eigenvalue weighted by molar-refractivity contribution is 6.74. The van der Waals surface area contributed by atoms with Crippen molar-refractivity contribution in [2.75, 3.05) is 6.61 Å². The van der Waals surface area contributed by atoms with E-state index in [1.807, 2.05) is 18.3 Å². The van der Waals surface area contributed by atoms with Crippen LogP contribution in [-0.4, -0.2) is 25.7 Å². The number of nitrogens with one attached hydrogen (secondary N) is 1. The van der Waals surface area contributed by atoms with Crippen LogP contribution >= 0.6 is 0 Å². The Morgan fingerprint density at radius 1 is 1.36 bits per heavy atom. The zero-order valence-electron chi connectivity index (χ0n) is 18.1. The lowest BCUT2D eigenvalue weighted by atomic mass is 9.73. The monoisotopic (exact) mass is 397 g/mol. The summed E-state index contributed by atoms with van der Waals surface area (Å²) in [6.07, 6.45) is 6.95. The van der Waals surface area contributed by atoms with E-state index in [1.165, 1.54) is 11.1 Å². The Bertz CT molecular complexity index is 795. The predicted molar refractivity (Wildman–Crippen MR) is 119 cm³/mol. The predicted octanol–water partition coefficient (Wildman–Crippen LogP) is 6.30. The number of Topliss-reactive ketones (excluding diaryl/α,β-unsaturated/α-hetero) is 1. The van der Waals surface area contributed by atoms with Crippen molar-refractivity contribution in [3.8, 4) is 0 Å². The number of carbonyl (C=O) groups is 1. The van der Waals surface area contributed by atoms with Gasteiger partial charge >= 0.3 is 0 Å². The van der Waals surface area contributed by atoms with E-state index in [0.29, 0.717) is 12.5 Å². The van der Waals surface area contributed by atoms with Gasteiger partial charge in [0.25, 0.3) is 0 Å². The maximum Gasteiger partial charge on any atom is 0.192 e. The number of fused-ring (bicyclic) bond motifs is 1. The number of carbonyl (C=O) groups excluding carboxylic acids is 1. The molecule has 1 aromatic heterocycles. The summed E-state index contributed by atoms with van der Waals surface area (Å²) in [5.41, 5.74) is 4.22. The van der Waals surface area contributed by atoms with Crippen molar-refractivity contribution in [3.63, 3.8) is 0 Å². The third-order valence-corrected chi connectivity index (χ3v) is 11.6. The van der Waals surface area contributed by atoms with Crippen molar-refractivity contribution in [1.82, 2.24) is 4.98 Å². The number of H-pyrrole nitrogens is 1. The lowest BCUT2D eigenvalue weighted by Gasteiger charge is -2.37. The Hall–Kier alpha value is -1.65. The Morgan fingerprint density at radius 3 is 2.68 bits per heavy atom. The van der Waals surface area contributed by atoms with E-state index in [-0.39, 0.29) is 22.7 Å². The van der Waals surface area contributed by atoms with Gasteiger partial charge in [0.2, 0.25) is 0 Å². The van der Waals surface area contributed by atoms with Gasteiger partial charge in [0.05, 0.1) is 12.3 Å². The molecule has 2 aliphatic rings. The summed E-state index contributed by atoms with van der Waals surface area (Å²) in [7, 11) is -1.82. The molecule has 0 aromatic carbocycles. The van der Waals surface area contributed by atoms with Crippen LogP contribution in [0.15, 0.2) is 54.3 Å². The fourth-order valence-electron chi connectivity index (χ4n) is 4.37. The van der Waals surface area contributed by atoms with E-state index in [0.717, 1.165) is 30.5 Å². The Kier molecular flexibility index (Phi) is 5.75. The van der Waals surface area contributed by atoms with E-state index in [9.17, 15) is 4.79 Å². The second kappa shape index (κ2) is 7.64. The molecule has 28 heavy (non-hydrogen) atoms. The average Bonchev–Trinajstić information content (AvgIpc) is 3.26. The lowest BCUT2D eigenvalue weighted by Crippen LogP contribution is -2.41. The van der Waals surface area contributed by atoms with E-state index in [2.05, 4.69) is 58.1 Å². The molecule has 152 valence electrons. The molecule has 2 aliphatic carbocycles. The molecule has 0 bridgehead atoms. The first kappa shape index (κ1) is 21.1. The lowest BCUT2D eigenvalue weighted by molar-refractivity contribution is 0.0872. The topological polar surface area (TPSA) is 42.1 Å². The van der Waals surface area contributed by atoms with E-state index in [4.69, 9.17) is 4.43 Å². The first-order chi connectivity index (χ1) is 13.0. The molecule has 1 aromatic rings. The van der Waals surface area contributed by atoms with Crippen molar-refractivity contribution in [1.29, 1.82) is 0 Å². The van der Waals surface area contributed by atoms with Crippen LogP contribution < -0.4 is 0 Å². The van der Waals surface area contributed by atoms with Gasteiger partial charge in [0.15, 0.2) is 14.1 Å². The molecule has 0 unspecified atom stereocenters. The number of allylic oxidation sites excluding steroid dienone is 2. The number of aromatic nitrogens is 1. The molecule has 3 nitrogen and oxygen atoms in total. The summed E-state index contributed by atoms with van der Waals surface area (Å²) in [6.45, 7) is 20.6. The summed E-state index contributed by atoms with van der Waals surface area (Å²) < 4.78 is 6.42. The number of aromatic amines is 1. The van der Waals surface area contributed by atoms with Gasteiger partial charge < -0.3 is 9.41 Å². The summed E-state index contributed by atoms with van der Waals surface area (Å²) in [5, 5.41) is 0.182. The molecule has 0 saturated heterocycles. The van der Waals surface area contributed by atoms with Crippen molar-refractivity contribution < 1.29 is 9.22 Å². The molecule has 1 fully saturated rings. The van der Waals surface area contributed by atoms with Crippen LogP contribution in [0, 0.1) is 17.8 Å². The summed E-state index contributed by atoms with van der Waals surface area (Å²) in [6, 6.07) is 3.77. The van der Waals surface area contributed by atoms with Gasteiger partial charge in [-0.2, -0.15) is 0 Å². The standard InChI is InChI=1S/C24H35NO2Si/c1-16-14-20(23(26)21-12-9-13-25-21)19-11-8-10-18(22(16)19)17(2)15-27-28(6,7)24(3,4)5/h9-10,12-13,19-20,22,25H,1-2,8,11,14-15H2,3-7H3/t19-,20+,22-/m1/s1. The Morgan fingerprint density at radius 2 is 2.07 bits per heavy atom. The third-order valence-electron chi connectivity index (χ3n) is 7.09. The van der Waals surface area contributed by atoms with Gasteiger partial charge in [-0.1, -0.05) is 45.6 Å². The SMILES string of the molecule is C=C(CO[Si](C)(C)C(C)(C)C)C1=CCC[C@H]2[C@@H]1C(=C)C[C@@H]2C(=O)c1ccc[nH]1. The molecule has 1 saturated carbocycles. The zero-order chi connectivity index (χ0) is 20.7. The van der Waals surface area contributed by atoms with Crippen molar-refractivity contribution >= 4 is 14.1 Å². The molecule has 0 spiro atoms. The van der Waals surface area contributed by atoms with Crippen LogP contribution in [0.5, 0.6) is 0 Å². The first-order valence-electron chi connectivity index (χ1n) is 10.4. The highest BCUT2D eigenvalue weighted by atomic mass is 28.4. The van der Waals surface area contributed by atoms with Crippen molar-refractivity contribution in [3.05, 3.63) is 60.0 Å². The van der Waals surface area contributed by atoms with Gasteiger partial charge in [-0.25, -0.2) is 0 Å². The van der Waals surface area contributed by atoms with Crippen LogP contribution in [0.3, 0.4) is 0 Å². The highest BCUT2D eigenvalue weighted by Gasteiger charge is 2.46. The number of hydrogen-bond acceptors (Lipinski definition) is 2. The van der Waals surface area contributed by atoms with Gasteiger partial charge in [-0.3, -0.25) is 4.79 Å². The van der Waals surface area contributed by atoms with Crippen LogP contribution in [0.1, 0.15) is 50.5 Å². The number of rotatable bonds is 6. The molecule has 3 atom stereocenters. The normalized spacial score (nSPS) is 25.4. The number of ketones is 1. The molecule has 1 N–H and O–H groups in total. The van der Waals surface area contributed by atoms with Gasteiger partial charge in [-0.15, -0.1) is 0 Å². The van der Waals surface area contributed by atoms with Crippen molar-refractivity contribution in [2.45, 2.75) is 58.2 Å². The maximum absolute atomic E-state index is 13.0. The molecule has 4 heteroatoms. The molecular formula is C24H35NO2Si. The van der Waals surface area contributed by atoms with Crippen LogP contribution in [0.25, 0.3) is 0 Å². The quantitative estimate of drug-likeness (QED) is 0.347. The zero-order valence-corrected chi connectivity index (χ0v) is 19.1. The van der Waals surface area contributed by atoms with Crippen LogP contribution in [0.2, 0.25) is 18.1 Å². The highest BCUT2D eigenvalue weighted by Crippen LogP contribution is 2.51. The summed E-state index contributed by atoms with van der Waals surface area (Å²) >= 11 is 0. The molecule has 0 amide bonds. The second-order valence-corrected chi connectivity index (χ2v) is 14.8. The van der Waals surface area contributed by atoms with Crippen LogP contribution in [0.4, 0.5) is 0 Å². The Labute approximate surface area is 171 Å². The largest absolute Gasteiger partial charge is 0.413 e. The van der Waals surface area contributed by atoms with E-state index < -0.39 is 8.32 Å². The molecule has 3 rings (SSSR count). The molecule has 0 aliphatic heterocycles. The van der Waals surface area contributed by atoms with Crippen LogP contribution in [-0.2, 0) is 4.43 Å². The van der Waals surface area contributed by atoms with Gasteiger partial charge in [-0.05, 0) is 66.6 Å². The second-order valence-electron chi connectivity index (χ2n) is 9.95. The summed E-state index contributed by atoms with van der Waals surface area (Å²) in [4.78, 5) is 16.1. The van der Waals surface area contributed by atoms with E-state index >= 15 is 0 Å². The van der Waals surface area contributed by atoms with Gasteiger partial charge in [0, 0.05) is 18.0 Å². The minimum Gasteiger partial charge on any atom is -0.413 e. The fourth-order valence-corrected chi connectivity index (χ4v) is 5.34.